The molecule has 1 heterocycles. The van der Waals surface area contributed by atoms with Crippen LogP contribution in [0.1, 0.15) is 16.7 Å². The molecule has 3 rings (SSSR count). The fourth-order valence-electron chi connectivity index (χ4n) is 2.89. The van der Waals surface area contributed by atoms with E-state index in [0.717, 1.165) is 27.2 Å². The van der Waals surface area contributed by atoms with Gasteiger partial charge < -0.3 is 9.47 Å². The van der Waals surface area contributed by atoms with Crippen LogP contribution < -0.4 is 4.74 Å². The van der Waals surface area contributed by atoms with Crippen LogP contribution in [0, 0.1) is 20.8 Å². The molecular weight excluding hydrogens is 358 g/mol. The smallest absolute Gasteiger partial charge is 0.316 e. The maximum atomic E-state index is 12.0. The van der Waals surface area contributed by atoms with Crippen LogP contribution in [0.25, 0.3) is 10.9 Å². The van der Waals surface area contributed by atoms with Gasteiger partial charge in [0.1, 0.15) is 19.0 Å². The Morgan fingerprint density at radius 2 is 1.78 bits per heavy atom. The highest BCUT2D eigenvalue weighted by Gasteiger charge is 2.10. The van der Waals surface area contributed by atoms with E-state index in [1.807, 2.05) is 36.4 Å². The molecule has 0 bridgehead atoms. The van der Waals surface area contributed by atoms with Crippen LogP contribution in [-0.4, -0.2) is 29.9 Å². The molecular formula is C22H23NO3S. The zero-order valence-corrected chi connectivity index (χ0v) is 16.6. The predicted molar refractivity (Wildman–Crippen MR) is 110 cm³/mol. The van der Waals surface area contributed by atoms with Gasteiger partial charge >= 0.3 is 5.97 Å². The van der Waals surface area contributed by atoms with Crippen LogP contribution in [0.4, 0.5) is 0 Å². The van der Waals surface area contributed by atoms with Crippen molar-refractivity contribution in [2.24, 2.45) is 0 Å². The van der Waals surface area contributed by atoms with Crippen LogP contribution in [0.3, 0.4) is 0 Å². The van der Waals surface area contributed by atoms with Crippen molar-refractivity contribution in [3.63, 3.8) is 0 Å². The van der Waals surface area contributed by atoms with Gasteiger partial charge in [-0.25, -0.2) is 4.98 Å². The van der Waals surface area contributed by atoms with Gasteiger partial charge in [-0.05, 0) is 56.2 Å². The molecule has 0 N–H and O–H groups in total. The lowest BCUT2D eigenvalue weighted by Crippen LogP contribution is -2.13. The van der Waals surface area contributed by atoms with E-state index in [-0.39, 0.29) is 18.3 Å². The van der Waals surface area contributed by atoms with E-state index in [0.29, 0.717) is 6.61 Å². The van der Waals surface area contributed by atoms with Gasteiger partial charge in [-0.1, -0.05) is 41.6 Å². The summed E-state index contributed by atoms with van der Waals surface area (Å²) in [7, 11) is 0. The summed E-state index contributed by atoms with van der Waals surface area (Å²) in [6.07, 6.45) is 0. The molecule has 0 fully saturated rings. The molecule has 0 aliphatic heterocycles. The lowest BCUT2D eigenvalue weighted by Gasteiger charge is -2.10. The second-order valence-electron chi connectivity index (χ2n) is 6.43. The van der Waals surface area contributed by atoms with Crippen LogP contribution >= 0.6 is 11.8 Å². The number of esters is 1. The van der Waals surface area contributed by atoms with Crippen molar-refractivity contribution in [3.05, 3.63) is 65.2 Å². The number of thioether (sulfide) groups is 1. The molecule has 0 saturated heterocycles. The number of carbonyl (C=O) groups excluding carboxylic acids is 1. The topological polar surface area (TPSA) is 48.4 Å². The number of ether oxygens (including phenoxy) is 2. The summed E-state index contributed by atoms with van der Waals surface area (Å²) in [5, 5.41) is 2.00. The number of aromatic nitrogens is 1. The molecule has 0 amide bonds. The minimum absolute atomic E-state index is 0.230. The Morgan fingerprint density at radius 3 is 2.56 bits per heavy atom. The Hall–Kier alpha value is -2.53. The van der Waals surface area contributed by atoms with E-state index in [4.69, 9.17) is 14.5 Å². The fraction of sp³-hybridized carbons (Fsp3) is 0.273. The Labute approximate surface area is 163 Å². The highest BCUT2D eigenvalue weighted by Crippen LogP contribution is 2.26. The normalized spacial score (nSPS) is 10.8. The van der Waals surface area contributed by atoms with Crippen LogP contribution in [0.5, 0.6) is 5.75 Å². The number of hydrogen-bond donors (Lipinski definition) is 0. The molecule has 0 unspecified atom stereocenters. The molecule has 0 aliphatic carbocycles. The summed E-state index contributed by atoms with van der Waals surface area (Å²) in [4.78, 5) is 16.7. The number of fused-ring (bicyclic) bond motifs is 1. The van der Waals surface area contributed by atoms with E-state index >= 15 is 0 Å². The molecule has 0 atom stereocenters. The number of pyridine rings is 1. The molecule has 0 saturated carbocycles. The van der Waals surface area contributed by atoms with Gasteiger partial charge in [0.15, 0.2) is 0 Å². The molecule has 1 aromatic heterocycles. The summed E-state index contributed by atoms with van der Waals surface area (Å²) in [6, 6.07) is 15.8. The SMILES string of the molecule is Cc1cc(C)c2nc(SCC(=O)OCCOc3ccccc3)cc(C)c2c1. The minimum Gasteiger partial charge on any atom is -0.490 e. The van der Waals surface area contributed by atoms with Gasteiger partial charge in [0.05, 0.1) is 16.3 Å². The summed E-state index contributed by atoms with van der Waals surface area (Å²) in [6.45, 7) is 6.80. The summed E-state index contributed by atoms with van der Waals surface area (Å²) >= 11 is 1.40. The zero-order chi connectivity index (χ0) is 19.2. The Kier molecular flexibility index (Phi) is 6.35. The highest BCUT2D eigenvalue weighted by molar-refractivity contribution is 7.99. The van der Waals surface area contributed by atoms with Crippen molar-refractivity contribution in [1.82, 2.24) is 4.98 Å². The molecule has 0 spiro atoms. The number of rotatable bonds is 7. The van der Waals surface area contributed by atoms with E-state index < -0.39 is 0 Å². The van der Waals surface area contributed by atoms with Gasteiger partial charge in [-0.2, -0.15) is 0 Å². The average molecular weight is 381 g/mol. The first-order valence-corrected chi connectivity index (χ1v) is 9.86. The maximum absolute atomic E-state index is 12.0. The number of nitrogens with zero attached hydrogens (tertiary/aromatic N) is 1. The second-order valence-corrected chi connectivity index (χ2v) is 7.42. The molecule has 0 radical (unpaired) electrons. The third-order valence-electron chi connectivity index (χ3n) is 4.13. The van der Waals surface area contributed by atoms with E-state index in [1.165, 1.54) is 22.9 Å². The van der Waals surface area contributed by atoms with E-state index in [2.05, 4.69) is 32.9 Å². The zero-order valence-electron chi connectivity index (χ0n) is 15.8. The van der Waals surface area contributed by atoms with Crippen LogP contribution in [0.15, 0.2) is 53.6 Å². The lowest BCUT2D eigenvalue weighted by atomic mass is 10.0. The van der Waals surface area contributed by atoms with Gasteiger partial charge in [-0.15, -0.1) is 0 Å². The third kappa shape index (κ3) is 5.23. The van der Waals surface area contributed by atoms with Gasteiger partial charge in [0.2, 0.25) is 0 Å². The van der Waals surface area contributed by atoms with Crippen molar-refractivity contribution in [2.75, 3.05) is 19.0 Å². The first-order valence-electron chi connectivity index (χ1n) is 8.88. The molecule has 27 heavy (non-hydrogen) atoms. The Balaban J connectivity index is 1.51. The maximum Gasteiger partial charge on any atom is 0.316 e. The van der Waals surface area contributed by atoms with Crippen molar-refractivity contribution in [1.29, 1.82) is 0 Å². The largest absolute Gasteiger partial charge is 0.490 e. The molecule has 0 aliphatic rings. The Morgan fingerprint density at radius 1 is 1.00 bits per heavy atom. The van der Waals surface area contributed by atoms with Crippen LogP contribution in [-0.2, 0) is 9.53 Å². The van der Waals surface area contributed by atoms with Crippen molar-refractivity contribution >= 4 is 28.6 Å². The molecule has 4 nitrogen and oxygen atoms in total. The monoisotopic (exact) mass is 381 g/mol. The number of benzene rings is 2. The highest BCUT2D eigenvalue weighted by atomic mass is 32.2. The van der Waals surface area contributed by atoms with Gasteiger partial charge in [0.25, 0.3) is 0 Å². The summed E-state index contributed by atoms with van der Waals surface area (Å²) in [5.41, 5.74) is 4.54. The standard InChI is InChI=1S/C22H23NO3S/c1-15-11-17(3)22-19(12-15)16(2)13-20(23-22)27-14-21(24)26-10-9-25-18-7-5-4-6-8-18/h4-8,11-13H,9-10,14H2,1-3H3. The lowest BCUT2D eigenvalue weighted by molar-refractivity contribution is -0.141. The first-order chi connectivity index (χ1) is 13.0. The number of carbonyl (C=O) groups is 1. The molecule has 3 aromatic rings. The van der Waals surface area contributed by atoms with E-state index in [9.17, 15) is 4.79 Å². The Bertz CT molecular complexity index is 941. The molecule has 5 heteroatoms. The summed E-state index contributed by atoms with van der Waals surface area (Å²) < 4.78 is 10.7. The first kappa shape index (κ1) is 19.2. The fourth-order valence-corrected chi connectivity index (χ4v) is 3.66. The second kappa shape index (κ2) is 8.91. The van der Waals surface area contributed by atoms with Crippen LogP contribution in [0.2, 0.25) is 0 Å². The molecule has 2 aromatic carbocycles. The van der Waals surface area contributed by atoms with Crippen molar-refractivity contribution < 1.29 is 14.3 Å². The van der Waals surface area contributed by atoms with Gasteiger partial charge in [-0.3, -0.25) is 4.79 Å². The number of para-hydroxylation sites is 1. The molecule has 140 valence electrons. The average Bonchev–Trinajstić information content (AvgIpc) is 2.65. The van der Waals surface area contributed by atoms with E-state index in [1.54, 1.807) is 0 Å². The predicted octanol–water partition coefficient (Wildman–Crippen LogP) is 4.87. The van der Waals surface area contributed by atoms with Gasteiger partial charge in [0, 0.05) is 5.39 Å². The quantitative estimate of drug-likeness (QED) is 0.332. The third-order valence-corrected chi connectivity index (χ3v) is 5.01. The number of aryl methyl sites for hydroxylation is 3. The van der Waals surface area contributed by atoms with Crippen molar-refractivity contribution in [2.45, 2.75) is 25.8 Å². The van der Waals surface area contributed by atoms with Crippen molar-refractivity contribution in [3.8, 4) is 5.75 Å². The number of hydrogen-bond acceptors (Lipinski definition) is 5. The summed E-state index contributed by atoms with van der Waals surface area (Å²) in [5.74, 6) is 0.731. The minimum atomic E-state index is -0.267.